The van der Waals surface area contributed by atoms with Crippen LogP contribution in [0.25, 0.3) is 11.0 Å². The molecule has 0 amide bonds. The molecule has 0 fully saturated rings. The molecule has 1 atom stereocenters. The summed E-state index contributed by atoms with van der Waals surface area (Å²) in [6.07, 6.45) is 2.47. The summed E-state index contributed by atoms with van der Waals surface area (Å²) in [5.74, 6) is -0.435. The average Bonchev–Trinajstić information content (AvgIpc) is 2.77. The molecule has 108 valence electrons. The minimum atomic E-state index is -1.06. The minimum absolute atomic E-state index is 0.0160. The van der Waals surface area contributed by atoms with Crippen molar-refractivity contribution in [2.24, 2.45) is 0 Å². The van der Waals surface area contributed by atoms with E-state index >= 15 is 0 Å². The highest BCUT2D eigenvalue weighted by atomic mass is 32.2. The number of carboxylic acids is 1. The third-order valence-electron chi connectivity index (χ3n) is 2.98. The number of fused-ring (bicyclic) bond motifs is 1. The quantitative estimate of drug-likeness (QED) is 0.764. The zero-order valence-electron chi connectivity index (χ0n) is 11.2. The first kappa shape index (κ1) is 14.7. The lowest BCUT2D eigenvalue weighted by atomic mass is 10.1. The van der Waals surface area contributed by atoms with Crippen molar-refractivity contribution in [1.82, 2.24) is 5.32 Å². The lowest BCUT2D eigenvalue weighted by molar-refractivity contribution is 0.0663. The molecule has 2 N–H and O–H groups in total. The number of furan rings is 1. The number of nitrogens with one attached hydrogen (secondary N) is 1. The molecule has 0 radical (unpaired) electrons. The van der Waals surface area contributed by atoms with E-state index in [4.69, 9.17) is 4.42 Å². The summed E-state index contributed by atoms with van der Waals surface area (Å²) >= 11 is 0. The zero-order valence-corrected chi connectivity index (χ0v) is 12.0. The molecule has 0 aliphatic carbocycles. The van der Waals surface area contributed by atoms with Gasteiger partial charge in [-0.15, -0.1) is 0 Å². The van der Waals surface area contributed by atoms with Gasteiger partial charge in [-0.2, -0.15) is 0 Å². The number of hydrogen-bond acceptors (Lipinski definition) is 4. The summed E-state index contributed by atoms with van der Waals surface area (Å²) < 4.78 is 16.3. The second-order valence-electron chi connectivity index (χ2n) is 4.52. The van der Waals surface area contributed by atoms with Crippen LogP contribution in [0.1, 0.15) is 22.5 Å². The Morgan fingerprint density at radius 2 is 2.15 bits per heavy atom. The van der Waals surface area contributed by atoms with Crippen LogP contribution in [0.15, 0.2) is 28.7 Å². The van der Waals surface area contributed by atoms with E-state index in [0.717, 1.165) is 11.8 Å². The molecule has 0 aliphatic rings. The summed E-state index contributed by atoms with van der Waals surface area (Å²) in [6, 6.07) is 7.27. The van der Waals surface area contributed by atoms with Gasteiger partial charge in [0.25, 0.3) is 0 Å². The minimum Gasteiger partial charge on any atom is -0.475 e. The van der Waals surface area contributed by atoms with Crippen LogP contribution in [-0.4, -0.2) is 33.8 Å². The van der Waals surface area contributed by atoms with Crippen LogP contribution in [0.5, 0.6) is 0 Å². The molecule has 2 rings (SSSR count). The van der Waals surface area contributed by atoms with Crippen molar-refractivity contribution in [1.29, 1.82) is 0 Å². The molecule has 1 aromatic carbocycles. The Kier molecular flexibility index (Phi) is 4.92. The van der Waals surface area contributed by atoms with Crippen molar-refractivity contribution in [3.8, 4) is 0 Å². The summed E-state index contributed by atoms with van der Waals surface area (Å²) in [5.41, 5.74) is 1.24. The Labute approximate surface area is 119 Å². The van der Waals surface area contributed by atoms with E-state index in [9.17, 15) is 14.1 Å². The van der Waals surface area contributed by atoms with Crippen LogP contribution in [-0.2, 0) is 17.3 Å². The first-order valence-electron chi connectivity index (χ1n) is 6.34. The summed E-state index contributed by atoms with van der Waals surface area (Å²) in [5, 5.41) is 13.2. The predicted octanol–water partition coefficient (Wildman–Crippen LogP) is 1.99. The monoisotopic (exact) mass is 295 g/mol. The van der Waals surface area contributed by atoms with Crippen molar-refractivity contribution < 1.29 is 18.5 Å². The van der Waals surface area contributed by atoms with Crippen molar-refractivity contribution in [2.75, 3.05) is 18.6 Å². The van der Waals surface area contributed by atoms with Gasteiger partial charge in [-0.25, -0.2) is 4.79 Å². The number of hydrogen-bond donors (Lipinski definition) is 2. The van der Waals surface area contributed by atoms with Crippen LogP contribution >= 0.6 is 0 Å². The summed E-state index contributed by atoms with van der Waals surface area (Å²) in [4.78, 5) is 11.2. The third kappa shape index (κ3) is 3.46. The number of aromatic carboxylic acids is 1. The van der Waals surface area contributed by atoms with E-state index in [0.29, 0.717) is 30.0 Å². The van der Waals surface area contributed by atoms with Gasteiger partial charge in [-0.05, 0) is 19.0 Å². The number of carbonyl (C=O) groups is 1. The second kappa shape index (κ2) is 6.67. The maximum atomic E-state index is 11.2. The molecule has 20 heavy (non-hydrogen) atoms. The molecule has 5 nitrogen and oxygen atoms in total. The molecule has 1 aromatic heterocycles. The van der Waals surface area contributed by atoms with Gasteiger partial charge in [-0.1, -0.05) is 18.2 Å². The fraction of sp³-hybridized carbons (Fsp3) is 0.357. The molecule has 6 heteroatoms. The van der Waals surface area contributed by atoms with Crippen molar-refractivity contribution in [3.63, 3.8) is 0 Å². The van der Waals surface area contributed by atoms with Gasteiger partial charge in [0.2, 0.25) is 5.76 Å². The van der Waals surface area contributed by atoms with Crippen LogP contribution in [0.4, 0.5) is 0 Å². The Bertz CT molecular complexity index is 635. The van der Waals surface area contributed by atoms with Gasteiger partial charge in [0, 0.05) is 40.3 Å². The molecular weight excluding hydrogens is 278 g/mol. The largest absolute Gasteiger partial charge is 0.475 e. The summed E-state index contributed by atoms with van der Waals surface area (Å²) in [7, 11) is -0.792. The normalized spacial score (nSPS) is 12.7. The molecule has 0 saturated carbocycles. The highest BCUT2D eigenvalue weighted by Gasteiger charge is 2.18. The zero-order chi connectivity index (χ0) is 14.5. The number of benzene rings is 1. The van der Waals surface area contributed by atoms with Gasteiger partial charge >= 0.3 is 5.97 Å². The van der Waals surface area contributed by atoms with Crippen LogP contribution in [0, 0.1) is 0 Å². The SMILES string of the molecule is CS(=O)CCCNCc1c(C(=O)O)oc2ccccc12. The van der Waals surface area contributed by atoms with Crippen molar-refractivity contribution in [2.45, 2.75) is 13.0 Å². The van der Waals surface area contributed by atoms with E-state index in [1.165, 1.54) is 0 Å². The van der Waals surface area contributed by atoms with Crippen LogP contribution in [0.3, 0.4) is 0 Å². The Balaban J connectivity index is 2.09. The second-order valence-corrected chi connectivity index (χ2v) is 6.07. The highest BCUT2D eigenvalue weighted by Crippen LogP contribution is 2.25. The van der Waals surface area contributed by atoms with Crippen LogP contribution < -0.4 is 5.32 Å². The van der Waals surface area contributed by atoms with Gasteiger partial charge in [-0.3, -0.25) is 4.21 Å². The molecule has 1 unspecified atom stereocenters. The first-order valence-corrected chi connectivity index (χ1v) is 8.06. The highest BCUT2D eigenvalue weighted by molar-refractivity contribution is 7.84. The fourth-order valence-corrected chi connectivity index (χ4v) is 2.61. The molecular formula is C14H17NO4S. The molecule has 0 saturated heterocycles. The topological polar surface area (TPSA) is 79.5 Å². The molecule has 0 spiro atoms. The number of carboxylic acid groups (broad SMARTS) is 1. The average molecular weight is 295 g/mol. The van der Waals surface area contributed by atoms with Crippen LogP contribution in [0.2, 0.25) is 0 Å². The molecule has 1 heterocycles. The van der Waals surface area contributed by atoms with Crippen molar-refractivity contribution in [3.05, 3.63) is 35.6 Å². The predicted molar refractivity (Wildman–Crippen MR) is 78.4 cm³/mol. The van der Waals surface area contributed by atoms with Gasteiger partial charge < -0.3 is 14.8 Å². The maximum absolute atomic E-state index is 11.2. The van der Waals surface area contributed by atoms with E-state index in [2.05, 4.69) is 5.32 Å². The van der Waals surface area contributed by atoms with Gasteiger partial charge in [0.05, 0.1) is 0 Å². The van der Waals surface area contributed by atoms with E-state index < -0.39 is 16.8 Å². The van der Waals surface area contributed by atoms with E-state index in [1.54, 1.807) is 12.3 Å². The Morgan fingerprint density at radius 3 is 2.85 bits per heavy atom. The van der Waals surface area contributed by atoms with E-state index in [1.807, 2.05) is 18.2 Å². The summed E-state index contributed by atoms with van der Waals surface area (Å²) in [6.45, 7) is 1.12. The van der Waals surface area contributed by atoms with Gasteiger partial charge in [0.1, 0.15) is 5.58 Å². The lowest BCUT2D eigenvalue weighted by Crippen LogP contribution is -2.17. The Morgan fingerprint density at radius 1 is 1.40 bits per heavy atom. The van der Waals surface area contributed by atoms with Gasteiger partial charge in [0.15, 0.2) is 0 Å². The standard InChI is InChI=1S/C14H17NO4S/c1-20(18)8-4-7-15-9-11-10-5-2-3-6-12(10)19-13(11)14(16)17/h2-3,5-6,15H,4,7-9H2,1H3,(H,16,17). The van der Waals surface area contributed by atoms with E-state index in [-0.39, 0.29) is 5.76 Å². The van der Waals surface area contributed by atoms with Crippen molar-refractivity contribution >= 4 is 27.7 Å². The Hall–Kier alpha value is -1.66. The molecule has 0 aliphatic heterocycles. The number of para-hydroxylation sites is 1. The number of rotatable bonds is 7. The molecule has 0 bridgehead atoms. The third-order valence-corrected chi connectivity index (χ3v) is 3.84. The molecule has 2 aromatic rings. The first-order chi connectivity index (χ1) is 9.59. The smallest absolute Gasteiger partial charge is 0.372 e. The maximum Gasteiger partial charge on any atom is 0.372 e. The fourth-order valence-electron chi connectivity index (χ4n) is 2.06. The lowest BCUT2D eigenvalue weighted by Gasteiger charge is -2.03.